The van der Waals surface area contributed by atoms with Gasteiger partial charge >= 0.3 is 0 Å². The second kappa shape index (κ2) is 4.45. The number of rotatable bonds is 2. The first-order chi connectivity index (χ1) is 8.86. The molecule has 0 amide bonds. The van der Waals surface area contributed by atoms with Crippen LogP contribution in [-0.2, 0) is 0 Å². The van der Waals surface area contributed by atoms with E-state index in [1.54, 1.807) is 7.11 Å². The van der Waals surface area contributed by atoms with Gasteiger partial charge in [-0.05, 0) is 36.4 Å². The molecule has 0 saturated heterocycles. The van der Waals surface area contributed by atoms with Crippen molar-refractivity contribution in [1.29, 1.82) is 0 Å². The first-order valence-electron chi connectivity index (χ1n) is 5.66. The van der Waals surface area contributed by atoms with Gasteiger partial charge in [-0.1, -0.05) is 12.1 Å². The van der Waals surface area contributed by atoms with E-state index in [2.05, 4.69) is 16.2 Å². The van der Waals surface area contributed by atoms with Crippen molar-refractivity contribution in [2.75, 3.05) is 7.11 Å². The van der Waals surface area contributed by atoms with Crippen molar-refractivity contribution in [3.05, 3.63) is 54.7 Å². The zero-order valence-electron chi connectivity index (χ0n) is 9.92. The fourth-order valence-electron chi connectivity index (χ4n) is 1.79. The van der Waals surface area contributed by atoms with Crippen LogP contribution in [0.3, 0.4) is 0 Å². The molecule has 1 radical (unpaired) electrons. The minimum atomic E-state index is 0.747. The minimum absolute atomic E-state index is 0.747. The summed E-state index contributed by atoms with van der Waals surface area (Å²) in [6.07, 6.45) is 2.96. The van der Waals surface area contributed by atoms with Crippen LogP contribution >= 0.6 is 0 Å². The Labute approximate surface area is 105 Å². The molecule has 0 N–H and O–H groups in total. The molecule has 0 aliphatic heterocycles. The summed E-state index contributed by atoms with van der Waals surface area (Å²) in [6.45, 7) is 0. The first-order valence-corrected chi connectivity index (χ1v) is 5.66. The SMILES string of the molecule is COc1ccc(-c2[c]nc3ccccc3n2)cc1. The maximum atomic E-state index is 5.13. The highest BCUT2D eigenvalue weighted by molar-refractivity contribution is 5.76. The molecule has 0 fully saturated rings. The number of hydrogen-bond acceptors (Lipinski definition) is 3. The van der Waals surface area contributed by atoms with Crippen LogP contribution in [0, 0.1) is 6.20 Å². The molecule has 0 unspecified atom stereocenters. The number of fused-ring (bicyclic) bond motifs is 1. The molecule has 1 heterocycles. The van der Waals surface area contributed by atoms with Crippen molar-refractivity contribution < 1.29 is 4.74 Å². The third-order valence-corrected chi connectivity index (χ3v) is 2.76. The van der Waals surface area contributed by atoms with Gasteiger partial charge in [0.05, 0.1) is 23.8 Å². The van der Waals surface area contributed by atoms with Gasteiger partial charge in [-0.2, -0.15) is 0 Å². The lowest BCUT2D eigenvalue weighted by atomic mass is 10.1. The van der Waals surface area contributed by atoms with Crippen LogP contribution < -0.4 is 4.74 Å². The van der Waals surface area contributed by atoms with Crippen LogP contribution in [-0.4, -0.2) is 17.1 Å². The van der Waals surface area contributed by atoms with Crippen LogP contribution in [0.15, 0.2) is 48.5 Å². The monoisotopic (exact) mass is 235 g/mol. The first kappa shape index (κ1) is 10.7. The number of methoxy groups -OCH3 is 1. The molecule has 87 valence electrons. The van der Waals surface area contributed by atoms with Crippen LogP contribution in [0.1, 0.15) is 0 Å². The Hall–Kier alpha value is -2.42. The molecule has 0 bridgehead atoms. The molecule has 3 nitrogen and oxygen atoms in total. The predicted molar refractivity (Wildman–Crippen MR) is 70.4 cm³/mol. The van der Waals surface area contributed by atoms with Gasteiger partial charge in [0.1, 0.15) is 11.9 Å². The Kier molecular flexibility index (Phi) is 2.65. The van der Waals surface area contributed by atoms with Gasteiger partial charge < -0.3 is 4.74 Å². The Morgan fingerprint density at radius 3 is 2.39 bits per heavy atom. The molecule has 0 spiro atoms. The Morgan fingerprint density at radius 2 is 1.67 bits per heavy atom. The van der Waals surface area contributed by atoms with Gasteiger partial charge in [-0.15, -0.1) is 0 Å². The smallest absolute Gasteiger partial charge is 0.118 e. The quantitative estimate of drug-likeness (QED) is 0.684. The van der Waals surface area contributed by atoms with Crippen LogP contribution in [0.5, 0.6) is 5.75 Å². The highest BCUT2D eigenvalue weighted by atomic mass is 16.5. The summed E-state index contributed by atoms with van der Waals surface area (Å²) >= 11 is 0. The van der Waals surface area contributed by atoms with Gasteiger partial charge in [0.2, 0.25) is 0 Å². The Balaban J connectivity index is 2.07. The number of hydrogen-bond donors (Lipinski definition) is 0. The van der Waals surface area contributed by atoms with E-state index >= 15 is 0 Å². The molecular formula is C15H11N2O. The number of para-hydroxylation sites is 2. The Bertz CT molecular complexity index is 677. The average molecular weight is 235 g/mol. The highest BCUT2D eigenvalue weighted by Crippen LogP contribution is 2.21. The highest BCUT2D eigenvalue weighted by Gasteiger charge is 2.03. The topological polar surface area (TPSA) is 35.0 Å². The molecule has 18 heavy (non-hydrogen) atoms. The summed E-state index contributed by atoms with van der Waals surface area (Å²) in [5, 5.41) is 0. The largest absolute Gasteiger partial charge is 0.497 e. The molecule has 1 aromatic heterocycles. The standard InChI is InChI=1S/C15H11N2O/c1-18-12-8-6-11(7-9-12)15-10-16-13-4-2-3-5-14(13)17-15/h2-9H,1H3. The zero-order chi connectivity index (χ0) is 12.4. The van der Waals surface area contributed by atoms with Crippen LogP contribution in [0.2, 0.25) is 0 Å². The summed E-state index contributed by atoms with van der Waals surface area (Å²) < 4.78 is 5.13. The van der Waals surface area contributed by atoms with Crippen molar-refractivity contribution in [3.8, 4) is 17.0 Å². The summed E-state index contributed by atoms with van der Waals surface area (Å²) in [5.74, 6) is 0.826. The summed E-state index contributed by atoms with van der Waals surface area (Å²) in [4.78, 5) is 8.82. The van der Waals surface area contributed by atoms with Gasteiger partial charge in [0, 0.05) is 5.56 Å². The lowest BCUT2D eigenvalue weighted by molar-refractivity contribution is 0.415. The third kappa shape index (κ3) is 1.91. The van der Waals surface area contributed by atoms with E-state index < -0.39 is 0 Å². The van der Waals surface area contributed by atoms with E-state index in [1.807, 2.05) is 48.5 Å². The van der Waals surface area contributed by atoms with Crippen molar-refractivity contribution in [2.24, 2.45) is 0 Å². The van der Waals surface area contributed by atoms with Crippen LogP contribution in [0.4, 0.5) is 0 Å². The molecule has 0 atom stereocenters. The van der Waals surface area contributed by atoms with Crippen molar-refractivity contribution in [2.45, 2.75) is 0 Å². The fourth-order valence-corrected chi connectivity index (χ4v) is 1.79. The van der Waals surface area contributed by atoms with Gasteiger partial charge in [-0.3, -0.25) is 0 Å². The normalized spacial score (nSPS) is 10.5. The molecule has 3 aromatic rings. The minimum Gasteiger partial charge on any atom is -0.497 e. The zero-order valence-corrected chi connectivity index (χ0v) is 9.92. The fraction of sp³-hybridized carbons (Fsp3) is 0.0667. The van der Waals surface area contributed by atoms with E-state index in [9.17, 15) is 0 Å². The second-order valence-corrected chi connectivity index (χ2v) is 3.90. The molecule has 2 aromatic carbocycles. The van der Waals surface area contributed by atoms with E-state index in [4.69, 9.17) is 4.74 Å². The van der Waals surface area contributed by atoms with Gasteiger partial charge in [0.15, 0.2) is 0 Å². The van der Waals surface area contributed by atoms with Crippen molar-refractivity contribution >= 4 is 11.0 Å². The lowest BCUT2D eigenvalue weighted by Gasteiger charge is -2.03. The number of ether oxygens (including phenoxy) is 1. The predicted octanol–water partition coefficient (Wildman–Crippen LogP) is 3.11. The Morgan fingerprint density at radius 1 is 0.944 bits per heavy atom. The van der Waals surface area contributed by atoms with Gasteiger partial charge in [-0.25, -0.2) is 9.97 Å². The number of aromatic nitrogens is 2. The van der Waals surface area contributed by atoms with Crippen LogP contribution in [0.25, 0.3) is 22.3 Å². The lowest BCUT2D eigenvalue weighted by Crippen LogP contribution is -1.89. The molecule has 0 aliphatic carbocycles. The second-order valence-electron chi connectivity index (χ2n) is 3.90. The molecule has 0 saturated carbocycles. The average Bonchev–Trinajstić information content (AvgIpc) is 2.47. The summed E-state index contributed by atoms with van der Waals surface area (Å²) in [7, 11) is 1.65. The maximum absolute atomic E-state index is 5.13. The molecule has 3 heteroatoms. The molecular weight excluding hydrogens is 224 g/mol. The van der Waals surface area contributed by atoms with E-state index in [0.717, 1.165) is 28.0 Å². The summed E-state index contributed by atoms with van der Waals surface area (Å²) in [5.41, 5.74) is 3.46. The van der Waals surface area contributed by atoms with Crippen molar-refractivity contribution in [1.82, 2.24) is 9.97 Å². The molecule has 0 aliphatic rings. The van der Waals surface area contributed by atoms with E-state index in [-0.39, 0.29) is 0 Å². The van der Waals surface area contributed by atoms with E-state index in [0.29, 0.717) is 0 Å². The third-order valence-electron chi connectivity index (χ3n) is 2.76. The van der Waals surface area contributed by atoms with Crippen molar-refractivity contribution in [3.63, 3.8) is 0 Å². The van der Waals surface area contributed by atoms with Gasteiger partial charge in [0.25, 0.3) is 0 Å². The summed E-state index contributed by atoms with van der Waals surface area (Å²) in [6, 6.07) is 15.5. The molecule has 3 rings (SSSR count). The maximum Gasteiger partial charge on any atom is 0.118 e. The van der Waals surface area contributed by atoms with E-state index in [1.165, 1.54) is 0 Å². The number of nitrogens with zero attached hydrogens (tertiary/aromatic N) is 2. The number of benzene rings is 2.